The molecule has 10 heteroatoms. The summed E-state index contributed by atoms with van der Waals surface area (Å²) in [4.78, 5) is 0.228. The van der Waals surface area contributed by atoms with Crippen LogP contribution >= 0.6 is 0 Å². The van der Waals surface area contributed by atoms with E-state index >= 15 is 0 Å². The average molecular weight is 610 g/mol. The summed E-state index contributed by atoms with van der Waals surface area (Å²) >= 11 is 0. The molecule has 0 amide bonds. The number of hydrogen-bond donors (Lipinski definition) is 0. The van der Waals surface area contributed by atoms with Gasteiger partial charge in [-0.2, -0.15) is 6.04 Å². The number of nitrogens with zero attached hydrogens (tertiary/aromatic N) is 1. The second kappa shape index (κ2) is 14.6. The molecule has 0 aliphatic heterocycles. The largest absolute Gasteiger partial charge is 4.00 e. The van der Waals surface area contributed by atoms with Crippen molar-refractivity contribution in [3.05, 3.63) is 40.3 Å². The van der Waals surface area contributed by atoms with Crippen LogP contribution < -0.4 is 24.8 Å². The molecule has 0 saturated heterocycles. The summed E-state index contributed by atoms with van der Waals surface area (Å²) in [5, 5.41) is 0. The molecular weight excluding hydrogens is 586 g/mol. The molecule has 148 valence electrons. The molecule has 0 heterocycles. The van der Waals surface area contributed by atoms with Gasteiger partial charge in [-0.3, -0.25) is 4.21 Å². The van der Waals surface area contributed by atoms with Gasteiger partial charge in [0.2, 0.25) is 0 Å². The van der Waals surface area contributed by atoms with Crippen LogP contribution in [0.15, 0.2) is 29.2 Å². The van der Waals surface area contributed by atoms with E-state index in [9.17, 15) is 12.6 Å². The Morgan fingerprint density at radius 1 is 1.08 bits per heavy atom. The van der Waals surface area contributed by atoms with Gasteiger partial charge in [-0.05, 0) is 19.1 Å². The Hall–Kier alpha value is 0.508. The zero-order chi connectivity index (χ0) is 16.8. The third-order valence-corrected chi connectivity index (χ3v) is 4.74. The van der Waals surface area contributed by atoms with Crippen molar-refractivity contribution in [3.63, 3.8) is 0 Å². The molecule has 0 spiro atoms. The van der Waals surface area contributed by atoms with Crippen LogP contribution in [0.3, 0.4) is 0 Å². The van der Waals surface area contributed by atoms with E-state index in [1.54, 1.807) is 36.8 Å². The van der Waals surface area contributed by atoms with Crippen molar-refractivity contribution in [1.29, 1.82) is 0 Å². The first-order valence-electron chi connectivity index (χ1n) is 7.22. The summed E-state index contributed by atoms with van der Waals surface area (Å²) in [6, 6.07) is 5.94. The summed E-state index contributed by atoms with van der Waals surface area (Å²) in [5.41, 5.74) is 8.87. The fraction of sp³-hybridized carbons (Fsp3) is 0.600. The Labute approximate surface area is 180 Å². The van der Waals surface area contributed by atoms with Crippen LogP contribution in [0.2, 0.25) is 0 Å². The molecule has 0 bridgehead atoms. The molecule has 0 aromatic heterocycles. The van der Waals surface area contributed by atoms with Crippen LogP contribution in [0, 0.1) is 6.92 Å². The van der Waals surface area contributed by atoms with Gasteiger partial charge in [-0.15, -0.1) is 6.04 Å². The van der Waals surface area contributed by atoms with E-state index < -0.39 is 20.8 Å². The maximum absolute atomic E-state index is 12.1. The molecule has 1 aromatic carbocycles. The van der Waals surface area contributed by atoms with E-state index in [-0.39, 0.29) is 62.9 Å². The molecule has 1 N–H and O–H groups in total. The first-order chi connectivity index (χ1) is 10.2. The number of hydrogen-bond acceptors (Lipinski definition) is 3. The van der Waals surface area contributed by atoms with Gasteiger partial charge in [0.25, 0.3) is 0 Å². The van der Waals surface area contributed by atoms with Crippen LogP contribution in [-0.4, -0.2) is 37.2 Å². The minimum atomic E-state index is -3.60. The van der Waals surface area contributed by atoms with Crippen molar-refractivity contribution in [3.8, 4) is 0 Å². The normalized spacial score (nSPS) is 19.4. The molecule has 1 aliphatic rings. The summed E-state index contributed by atoms with van der Waals surface area (Å²) < 4.78 is 37.7. The van der Waals surface area contributed by atoms with E-state index in [0.717, 1.165) is 24.8 Å². The molecule has 5 nitrogen and oxygen atoms in total. The van der Waals surface area contributed by atoms with Gasteiger partial charge < -0.3 is 35.3 Å². The van der Waals surface area contributed by atoms with Gasteiger partial charge in [0.05, 0.1) is 0 Å². The Morgan fingerprint density at radius 3 is 1.96 bits per heavy atom. The average Bonchev–Trinajstić information content (AvgIpc) is 2.41. The summed E-state index contributed by atoms with van der Waals surface area (Å²) in [6.45, 7) is 1.91. The zero-order valence-electron chi connectivity index (χ0n) is 14.4. The van der Waals surface area contributed by atoms with Crippen LogP contribution in [0.4, 0.5) is 0 Å². The van der Waals surface area contributed by atoms with E-state index in [0.29, 0.717) is 6.42 Å². The van der Waals surface area contributed by atoms with Crippen molar-refractivity contribution < 1.29 is 58.5 Å². The molecule has 1 aliphatic carbocycles. The predicted octanol–water partition coefficient (Wildman–Crippen LogP) is -2.58. The number of aryl methyl sites for hydroxylation is 1. The second-order valence-electron chi connectivity index (χ2n) is 5.59. The maximum Gasteiger partial charge on any atom is 4.00 e. The van der Waals surface area contributed by atoms with E-state index in [4.69, 9.17) is 5.73 Å². The van der Waals surface area contributed by atoms with E-state index in [2.05, 4.69) is 4.72 Å². The molecule has 25 heavy (non-hydrogen) atoms. The molecule has 1 fully saturated rings. The van der Waals surface area contributed by atoms with Crippen LogP contribution in [0.1, 0.15) is 31.2 Å². The monoisotopic (exact) mass is 609 g/mol. The fourth-order valence-corrected chi connectivity index (χ4v) is 3.40. The standard InChI is InChI=1S/C13H18N2O2S.C2H6OS.2ClH.Pt/c1-10-6-8-11(9-7-10)18(16,17)15-13-5-3-2-4-12(13)14;1-4(2)3;;;/h6-9,12-14H,2-5H2,1H3;1-2H3;2*1H;/q-2;;;;+4/p-2/t12-,13-;;;;/m1..../s1. The molecule has 0 unspecified atom stereocenters. The van der Waals surface area contributed by atoms with Gasteiger partial charge in [-0.25, -0.2) is 8.42 Å². The number of halogens is 2. The Balaban J connectivity index is -0.000000629. The number of sulfonamides is 1. The summed E-state index contributed by atoms with van der Waals surface area (Å²) in [6.07, 6.45) is 6.70. The Kier molecular flexibility index (Phi) is 17.6. The van der Waals surface area contributed by atoms with Gasteiger partial charge in [0.1, 0.15) is 10.0 Å². The molecule has 0 radical (unpaired) electrons. The molecule has 2 atom stereocenters. The topological polar surface area (TPSA) is 89.1 Å². The molecule has 2 rings (SSSR count). The Bertz CT molecular complexity index is 597. The SMILES string of the molecule is CS(C)=O.Cc1ccc(S(=O)(=O)[N-][C@@H]2CCCC[C@H]2[NH-])cc1.[Cl-].[Cl-].[Pt+4]. The van der Waals surface area contributed by atoms with Crippen molar-refractivity contribution in [2.24, 2.45) is 0 Å². The van der Waals surface area contributed by atoms with Crippen LogP contribution in [0.25, 0.3) is 10.5 Å². The van der Waals surface area contributed by atoms with Crippen LogP contribution in [0.5, 0.6) is 0 Å². The van der Waals surface area contributed by atoms with E-state index in [1.165, 1.54) is 0 Å². The van der Waals surface area contributed by atoms with Gasteiger partial charge >= 0.3 is 21.1 Å². The molecule has 1 aromatic rings. The smallest absolute Gasteiger partial charge is 1.00 e. The first kappa shape index (κ1) is 30.2. The van der Waals surface area contributed by atoms with E-state index in [1.807, 2.05) is 6.92 Å². The Morgan fingerprint density at radius 2 is 1.52 bits per heavy atom. The van der Waals surface area contributed by atoms with Crippen molar-refractivity contribution in [1.82, 2.24) is 0 Å². The van der Waals surface area contributed by atoms with Crippen molar-refractivity contribution >= 4 is 20.8 Å². The third kappa shape index (κ3) is 11.7. The summed E-state index contributed by atoms with van der Waals surface area (Å²) in [5.74, 6) is 0. The fourth-order valence-electron chi connectivity index (χ4n) is 2.19. The summed E-state index contributed by atoms with van der Waals surface area (Å²) in [7, 11) is -4.22. The van der Waals surface area contributed by atoms with Crippen molar-refractivity contribution in [2.45, 2.75) is 49.6 Å². The number of rotatable bonds is 3. The quantitative estimate of drug-likeness (QED) is 0.377. The molecular formula is C15H24Cl2N2O3PtS2. The second-order valence-corrected chi connectivity index (χ2v) is 8.71. The minimum Gasteiger partial charge on any atom is -1.00 e. The molecule has 1 saturated carbocycles. The van der Waals surface area contributed by atoms with Crippen LogP contribution in [-0.2, 0) is 41.9 Å². The number of nitrogens with one attached hydrogen (secondary N) is 1. The van der Waals surface area contributed by atoms with Gasteiger partial charge in [0.15, 0.2) is 0 Å². The predicted molar refractivity (Wildman–Crippen MR) is 92.1 cm³/mol. The zero-order valence-corrected chi connectivity index (χ0v) is 19.8. The van der Waals surface area contributed by atoms with Crippen molar-refractivity contribution in [2.75, 3.05) is 12.5 Å². The first-order valence-corrected chi connectivity index (χ1v) is 10.6. The van der Waals surface area contributed by atoms with Gasteiger partial charge in [0, 0.05) is 28.2 Å². The number of benzene rings is 1. The minimum absolute atomic E-state index is 0. The maximum atomic E-state index is 12.1. The third-order valence-electron chi connectivity index (χ3n) is 3.32. The van der Waals surface area contributed by atoms with Gasteiger partial charge in [-0.1, -0.05) is 43.4 Å².